The highest BCUT2D eigenvalue weighted by molar-refractivity contribution is 8.01. The summed E-state index contributed by atoms with van der Waals surface area (Å²) in [5, 5.41) is 18.0. The standard InChI is InChI=1S/C20H21N5O3S2/c1-4-5-6-7-8-11-29-20-22-15-10-9-14(12-16(15)30-20)21-19(26)18-17(25(27)28)13(2)23-24(18)3/h9-10,12H,4-5,8,11H2,1-3H3,(H,21,26). The Morgan fingerprint density at radius 1 is 1.37 bits per heavy atom. The van der Waals surface area contributed by atoms with Gasteiger partial charge in [0, 0.05) is 31.3 Å². The summed E-state index contributed by atoms with van der Waals surface area (Å²) in [6.07, 6.45) is 2.83. The monoisotopic (exact) mass is 443 g/mol. The number of unbranched alkanes of at least 4 members (excludes halogenated alkanes) is 1. The van der Waals surface area contributed by atoms with Crippen molar-refractivity contribution in [3.63, 3.8) is 0 Å². The van der Waals surface area contributed by atoms with Crippen molar-refractivity contribution in [2.24, 2.45) is 7.05 Å². The summed E-state index contributed by atoms with van der Waals surface area (Å²) in [6, 6.07) is 5.39. The van der Waals surface area contributed by atoms with E-state index in [2.05, 4.69) is 34.2 Å². The zero-order valence-corrected chi connectivity index (χ0v) is 18.5. The van der Waals surface area contributed by atoms with E-state index in [4.69, 9.17) is 0 Å². The smallest absolute Gasteiger partial charge is 0.320 e. The van der Waals surface area contributed by atoms with Crippen molar-refractivity contribution < 1.29 is 9.72 Å². The van der Waals surface area contributed by atoms with Crippen molar-refractivity contribution in [2.45, 2.75) is 37.4 Å². The second kappa shape index (κ2) is 9.73. The molecule has 3 rings (SSSR count). The molecule has 2 aromatic heterocycles. The highest BCUT2D eigenvalue weighted by atomic mass is 32.2. The van der Waals surface area contributed by atoms with Crippen LogP contribution in [-0.4, -0.2) is 31.3 Å². The fourth-order valence-corrected chi connectivity index (χ4v) is 4.88. The Bertz CT molecular complexity index is 1160. The lowest BCUT2D eigenvalue weighted by Crippen LogP contribution is -2.17. The lowest BCUT2D eigenvalue weighted by atomic mass is 10.2. The van der Waals surface area contributed by atoms with Crippen LogP contribution in [-0.2, 0) is 7.05 Å². The number of thiazole rings is 1. The first-order chi connectivity index (χ1) is 14.4. The zero-order chi connectivity index (χ0) is 21.7. The fraction of sp³-hybridized carbons (Fsp3) is 0.350. The molecule has 3 aromatic rings. The van der Waals surface area contributed by atoms with Crippen molar-refractivity contribution >= 4 is 50.6 Å². The lowest BCUT2D eigenvalue weighted by molar-refractivity contribution is -0.385. The molecule has 0 fully saturated rings. The first kappa shape index (κ1) is 21.8. The SMILES string of the molecule is CCCC#CCCSc1nc2ccc(NC(=O)c3c([N+](=O)[O-])c(C)nn3C)cc2s1. The number of anilines is 1. The predicted molar refractivity (Wildman–Crippen MR) is 120 cm³/mol. The second-order valence-corrected chi connectivity index (χ2v) is 8.85. The first-order valence-electron chi connectivity index (χ1n) is 9.39. The average Bonchev–Trinajstić information content (AvgIpc) is 3.23. The summed E-state index contributed by atoms with van der Waals surface area (Å²) < 4.78 is 3.11. The zero-order valence-electron chi connectivity index (χ0n) is 16.9. The van der Waals surface area contributed by atoms with Crippen LogP contribution in [0.25, 0.3) is 10.2 Å². The van der Waals surface area contributed by atoms with Crippen LogP contribution in [0, 0.1) is 28.9 Å². The van der Waals surface area contributed by atoms with Crippen molar-refractivity contribution in [2.75, 3.05) is 11.1 Å². The number of amides is 1. The number of nitrogens with one attached hydrogen (secondary N) is 1. The molecule has 1 aromatic carbocycles. The van der Waals surface area contributed by atoms with E-state index in [0.29, 0.717) is 5.69 Å². The minimum Gasteiger partial charge on any atom is -0.320 e. The third-order valence-corrected chi connectivity index (χ3v) is 6.33. The van der Waals surface area contributed by atoms with Crippen molar-refractivity contribution in [1.82, 2.24) is 14.8 Å². The van der Waals surface area contributed by atoms with Crippen molar-refractivity contribution in [3.8, 4) is 11.8 Å². The van der Waals surface area contributed by atoms with Gasteiger partial charge in [-0.25, -0.2) is 4.98 Å². The van der Waals surface area contributed by atoms with Gasteiger partial charge in [0.25, 0.3) is 5.91 Å². The van der Waals surface area contributed by atoms with Gasteiger partial charge in [0.15, 0.2) is 4.34 Å². The lowest BCUT2D eigenvalue weighted by Gasteiger charge is -2.05. The van der Waals surface area contributed by atoms with Gasteiger partial charge in [-0.15, -0.1) is 23.2 Å². The van der Waals surface area contributed by atoms with Gasteiger partial charge in [0.05, 0.1) is 15.1 Å². The van der Waals surface area contributed by atoms with Crippen LogP contribution in [0.1, 0.15) is 42.4 Å². The van der Waals surface area contributed by atoms with E-state index in [9.17, 15) is 14.9 Å². The summed E-state index contributed by atoms with van der Waals surface area (Å²) in [7, 11) is 1.51. The highest BCUT2D eigenvalue weighted by Crippen LogP contribution is 2.32. The second-order valence-electron chi connectivity index (χ2n) is 6.48. The van der Waals surface area contributed by atoms with Gasteiger partial charge in [0.1, 0.15) is 5.69 Å². The van der Waals surface area contributed by atoms with Crippen LogP contribution in [0.2, 0.25) is 0 Å². The molecule has 0 saturated heterocycles. The Balaban J connectivity index is 1.71. The van der Waals surface area contributed by atoms with Gasteiger partial charge in [-0.1, -0.05) is 18.7 Å². The van der Waals surface area contributed by atoms with Crippen LogP contribution in [0.4, 0.5) is 11.4 Å². The molecule has 1 amide bonds. The van der Waals surface area contributed by atoms with Gasteiger partial charge >= 0.3 is 5.69 Å². The number of fused-ring (bicyclic) bond motifs is 1. The first-order valence-corrected chi connectivity index (χ1v) is 11.2. The number of rotatable bonds is 7. The Hall–Kier alpha value is -2.90. The number of nitrogens with zero attached hydrogens (tertiary/aromatic N) is 4. The molecule has 8 nitrogen and oxygen atoms in total. The van der Waals surface area contributed by atoms with Crippen molar-refractivity contribution in [1.29, 1.82) is 0 Å². The van der Waals surface area contributed by atoms with Crippen LogP contribution in [0.5, 0.6) is 0 Å². The third kappa shape index (κ3) is 4.98. The summed E-state index contributed by atoms with van der Waals surface area (Å²) >= 11 is 3.21. The maximum absolute atomic E-state index is 12.7. The highest BCUT2D eigenvalue weighted by Gasteiger charge is 2.29. The Morgan fingerprint density at radius 3 is 2.87 bits per heavy atom. The molecule has 2 heterocycles. The maximum atomic E-state index is 12.7. The van der Waals surface area contributed by atoms with E-state index in [1.54, 1.807) is 29.2 Å². The molecule has 156 valence electrons. The molecule has 0 saturated carbocycles. The number of hydrogen-bond acceptors (Lipinski definition) is 7. The summed E-state index contributed by atoms with van der Waals surface area (Å²) in [4.78, 5) is 28.0. The van der Waals surface area contributed by atoms with E-state index >= 15 is 0 Å². The topological polar surface area (TPSA) is 103 Å². The number of benzene rings is 1. The molecule has 30 heavy (non-hydrogen) atoms. The predicted octanol–water partition coefficient (Wildman–Crippen LogP) is 4.78. The Kier molecular flexibility index (Phi) is 7.07. The molecule has 0 bridgehead atoms. The number of aryl methyl sites for hydroxylation is 2. The molecule has 10 heteroatoms. The van der Waals surface area contributed by atoms with Gasteiger partial charge in [-0.3, -0.25) is 19.6 Å². The molecule has 0 aliphatic rings. The van der Waals surface area contributed by atoms with Gasteiger partial charge < -0.3 is 5.32 Å². The number of hydrogen-bond donors (Lipinski definition) is 1. The molecule has 0 radical (unpaired) electrons. The van der Waals surface area contributed by atoms with Gasteiger partial charge in [0.2, 0.25) is 5.69 Å². The fourth-order valence-electron chi connectivity index (χ4n) is 2.84. The van der Waals surface area contributed by atoms with Crippen LogP contribution in [0.3, 0.4) is 0 Å². The van der Waals surface area contributed by atoms with Crippen LogP contribution in [0.15, 0.2) is 22.5 Å². The molecule has 0 atom stereocenters. The normalized spacial score (nSPS) is 10.6. The van der Waals surface area contributed by atoms with E-state index < -0.39 is 10.8 Å². The summed E-state index contributed by atoms with van der Waals surface area (Å²) in [5.41, 5.74) is 1.23. The number of carbonyl (C=O) groups excluding carboxylic acids is 1. The van der Waals surface area contributed by atoms with E-state index in [-0.39, 0.29) is 17.1 Å². The summed E-state index contributed by atoms with van der Waals surface area (Å²) in [6.45, 7) is 3.62. The quantitative estimate of drug-likeness (QED) is 0.185. The minimum atomic E-state index is -0.584. The number of carbonyl (C=O) groups is 1. The van der Waals surface area contributed by atoms with Gasteiger partial charge in [-0.2, -0.15) is 5.10 Å². The number of nitro groups is 1. The Morgan fingerprint density at radius 2 is 2.13 bits per heavy atom. The maximum Gasteiger partial charge on any atom is 0.322 e. The van der Waals surface area contributed by atoms with E-state index in [1.165, 1.54) is 18.7 Å². The summed E-state index contributed by atoms with van der Waals surface area (Å²) in [5.74, 6) is 6.60. The minimum absolute atomic E-state index is 0.0812. The molecule has 0 aliphatic carbocycles. The van der Waals surface area contributed by atoms with Crippen LogP contribution < -0.4 is 5.32 Å². The molecular formula is C20H21N5O3S2. The van der Waals surface area contributed by atoms with Crippen molar-refractivity contribution in [3.05, 3.63) is 39.7 Å². The van der Waals surface area contributed by atoms with E-state index in [0.717, 1.165) is 39.6 Å². The molecule has 1 N–H and O–H groups in total. The van der Waals surface area contributed by atoms with Gasteiger partial charge in [-0.05, 0) is 31.5 Å². The largest absolute Gasteiger partial charge is 0.322 e. The number of aromatic nitrogens is 3. The third-order valence-electron chi connectivity index (χ3n) is 4.17. The van der Waals surface area contributed by atoms with Crippen LogP contribution >= 0.6 is 23.1 Å². The van der Waals surface area contributed by atoms with E-state index in [1.807, 2.05) is 12.1 Å². The molecular weight excluding hydrogens is 422 g/mol. The molecule has 0 unspecified atom stereocenters. The Labute approximate surface area is 182 Å². The molecule has 0 spiro atoms. The number of thioether (sulfide) groups is 1. The average molecular weight is 444 g/mol. The molecule has 0 aliphatic heterocycles.